The summed E-state index contributed by atoms with van der Waals surface area (Å²) in [5.41, 5.74) is 0.481. The smallest absolute Gasteiger partial charge is 0.243 e. The quantitative estimate of drug-likeness (QED) is 0.592. The van der Waals surface area contributed by atoms with Crippen molar-refractivity contribution in [3.05, 3.63) is 50.6 Å². The van der Waals surface area contributed by atoms with Gasteiger partial charge in [0.25, 0.3) is 0 Å². The lowest BCUT2D eigenvalue weighted by molar-refractivity contribution is -0.126. The molecule has 0 bridgehead atoms. The number of nitrogens with one attached hydrogen (secondary N) is 1. The molecule has 1 N–H and O–H groups in total. The molecule has 9 heteroatoms. The van der Waals surface area contributed by atoms with Crippen LogP contribution in [-0.2, 0) is 21.2 Å². The minimum atomic E-state index is -3.62. The third-order valence-electron chi connectivity index (χ3n) is 5.02. The van der Waals surface area contributed by atoms with Gasteiger partial charge < -0.3 is 5.32 Å². The number of amides is 1. The molecule has 1 amide bonds. The lowest BCUT2D eigenvalue weighted by Gasteiger charge is -2.30. The number of nitrogens with zero attached hydrogens (tertiary/aromatic N) is 1. The molecule has 1 aromatic carbocycles. The summed E-state index contributed by atoms with van der Waals surface area (Å²) < 4.78 is 28.1. The normalized spacial score (nSPS) is 15.9. The first-order valence-corrected chi connectivity index (χ1v) is 12.5. The van der Waals surface area contributed by atoms with Gasteiger partial charge >= 0.3 is 0 Å². The van der Waals surface area contributed by atoms with Gasteiger partial charge in [-0.25, -0.2) is 8.42 Å². The highest BCUT2D eigenvalue weighted by Gasteiger charge is 2.32. The number of ketones is 1. The van der Waals surface area contributed by atoms with Crippen molar-refractivity contribution in [1.82, 2.24) is 9.62 Å². The molecule has 6 nitrogen and oxygen atoms in total. The Bertz CT molecular complexity index is 978. The number of carbonyl (C=O) groups excluding carboxylic acids is 2. The van der Waals surface area contributed by atoms with E-state index < -0.39 is 10.0 Å². The third kappa shape index (κ3) is 5.53. The molecule has 29 heavy (non-hydrogen) atoms. The van der Waals surface area contributed by atoms with E-state index in [1.54, 1.807) is 11.3 Å². The summed E-state index contributed by atoms with van der Waals surface area (Å²) in [6, 6.07) is 10.0. The van der Waals surface area contributed by atoms with Crippen molar-refractivity contribution in [2.45, 2.75) is 31.1 Å². The SMILES string of the molecule is CC(=O)c1ccc(S(=O)(=O)N2CCC(C(=O)NCCc3ccc(Br)s3)CC2)cc1. The molecule has 0 radical (unpaired) electrons. The van der Waals surface area contributed by atoms with E-state index in [2.05, 4.69) is 21.2 Å². The summed E-state index contributed by atoms with van der Waals surface area (Å²) in [6.07, 6.45) is 1.79. The Balaban J connectivity index is 1.51. The van der Waals surface area contributed by atoms with Crippen LogP contribution in [0.4, 0.5) is 0 Å². The number of Topliss-reactive ketones (excluding diaryl/α,β-unsaturated/α-hetero) is 1. The molecule has 1 saturated heterocycles. The van der Waals surface area contributed by atoms with Crippen molar-refractivity contribution in [1.29, 1.82) is 0 Å². The number of sulfonamides is 1. The van der Waals surface area contributed by atoms with E-state index in [1.807, 2.05) is 12.1 Å². The van der Waals surface area contributed by atoms with Gasteiger partial charge in [-0.15, -0.1) is 11.3 Å². The zero-order chi connectivity index (χ0) is 21.0. The first kappa shape index (κ1) is 22.1. The Morgan fingerprint density at radius 3 is 2.34 bits per heavy atom. The van der Waals surface area contributed by atoms with Crippen molar-refractivity contribution in [3.63, 3.8) is 0 Å². The van der Waals surface area contributed by atoms with Crippen LogP contribution in [0.2, 0.25) is 0 Å². The molecule has 2 heterocycles. The number of thiophene rings is 1. The number of halogens is 1. The molecule has 1 aliphatic rings. The van der Waals surface area contributed by atoms with Gasteiger partial charge in [-0.2, -0.15) is 4.31 Å². The highest BCUT2D eigenvalue weighted by molar-refractivity contribution is 9.11. The second kappa shape index (κ2) is 9.51. The molecular formula is C20H23BrN2O4S2. The molecule has 0 aliphatic carbocycles. The number of carbonyl (C=O) groups is 2. The van der Waals surface area contributed by atoms with Gasteiger partial charge in [0.1, 0.15) is 0 Å². The van der Waals surface area contributed by atoms with E-state index >= 15 is 0 Å². The molecule has 0 saturated carbocycles. The summed E-state index contributed by atoms with van der Waals surface area (Å²) in [6.45, 7) is 2.64. The highest BCUT2D eigenvalue weighted by atomic mass is 79.9. The van der Waals surface area contributed by atoms with Crippen molar-refractivity contribution in [2.75, 3.05) is 19.6 Å². The first-order chi connectivity index (χ1) is 13.8. The average Bonchev–Trinajstić information content (AvgIpc) is 3.13. The molecule has 0 unspecified atom stereocenters. The first-order valence-electron chi connectivity index (χ1n) is 9.40. The fourth-order valence-corrected chi connectivity index (χ4v) is 6.26. The van der Waals surface area contributed by atoms with Crippen LogP contribution in [0.3, 0.4) is 0 Å². The van der Waals surface area contributed by atoms with E-state index in [1.165, 1.54) is 40.4 Å². The molecule has 1 aliphatic heterocycles. The summed E-state index contributed by atoms with van der Waals surface area (Å²) >= 11 is 5.08. The minimum absolute atomic E-state index is 0.0107. The average molecular weight is 499 g/mol. The van der Waals surface area contributed by atoms with Gasteiger partial charge in [0, 0.05) is 36.0 Å². The van der Waals surface area contributed by atoms with Crippen LogP contribution in [0, 0.1) is 5.92 Å². The zero-order valence-electron chi connectivity index (χ0n) is 16.1. The van der Waals surface area contributed by atoms with Crippen LogP contribution in [0.25, 0.3) is 0 Å². The van der Waals surface area contributed by atoms with Gasteiger partial charge in [-0.05, 0) is 66.4 Å². The number of rotatable bonds is 7. The number of hydrogen-bond donors (Lipinski definition) is 1. The van der Waals surface area contributed by atoms with Gasteiger partial charge in [0.15, 0.2) is 5.78 Å². The van der Waals surface area contributed by atoms with Gasteiger partial charge in [0.2, 0.25) is 15.9 Å². The second-order valence-corrected chi connectivity index (χ2v) is 11.5. The van der Waals surface area contributed by atoms with Crippen LogP contribution < -0.4 is 5.32 Å². The van der Waals surface area contributed by atoms with Crippen molar-refractivity contribution in [2.24, 2.45) is 5.92 Å². The molecule has 2 aromatic rings. The van der Waals surface area contributed by atoms with Crippen LogP contribution >= 0.6 is 27.3 Å². The summed E-state index contributed by atoms with van der Waals surface area (Å²) in [4.78, 5) is 25.1. The molecule has 1 aromatic heterocycles. The van der Waals surface area contributed by atoms with Crippen LogP contribution in [0.1, 0.15) is 35.0 Å². The lowest BCUT2D eigenvalue weighted by Crippen LogP contribution is -2.43. The molecule has 0 spiro atoms. The van der Waals surface area contributed by atoms with E-state index in [9.17, 15) is 18.0 Å². The van der Waals surface area contributed by atoms with Crippen molar-refractivity contribution < 1.29 is 18.0 Å². The van der Waals surface area contributed by atoms with E-state index in [-0.39, 0.29) is 22.5 Å². The monoisotopic (exact) mass is 498 g/mol. The Hall–Kier alpha value is -1.55. The number of benzene rings is 1. The fourth-order valence-electron chi connectivity index (χ4n) is 3.31. The van der Waals surface area contributed by atoms with E-state index in [4.69, 9.17) is 0 Å². The summed E-state index contributed by atoms with van der Waals surface area (Å²) in [5.74, 6) is -0.285. The topological polar surface area (TPSA) is 83.6 Å². The maximum absolute atomic E-state index is 12.8. The number of hydrogen-bond acceptors (Lipinski definition) is 5. The minimum Gasteiger partial charge on any atom is -0.355 e. The Kier molecular flexibility index (Phi) is 7.26. The predicted molar refractivity (Wildman–Crippen MR) is 117 cm³/mol. The number of piperidine rings is 1. The maximum Gasteiger partial charge on any atom is 0.243 e. The molecule has 156 valence electrons. The van der Waals surface area contributed by atoms with Gasteiger partial charge in [-0.1, -0.05) is 12.1 Å². The Labute approximate surface area is 183 Å². The van der Waals surface area contributed by atoms with Crippen LogP contribution in [0.5, 0.6) is 0 Å². The van der Waals surface area contributed by atoms with Crippen molar-refractivity contribution in [3.8, 4) is 0 Å². The van der Waals surface area contributed by atoms with Crippen LogP contribution in [-0.4, -0.2) is 44.0 Å². The Morgan fingerprint density at radius 1 is 1.14 bits per heavy atom. The zero-order valence-corrected chi connectivity index (χ0v) is 19.3. The standard InChI is InChI=1S/C20H23BrN2O4S2/c1-14(24)15-2-5-18(6-3-15)29(26,27)23-12-9-16(10-13-23)20(25)22-11-8-17-4-7-19(21)28-17/h2-7,16H,8-13H2,1H3,(H,22,25). The van der Waals surface area contributed by atoms with Crippen molar-refractivity contribution >= 4 is 49.0 Å². The fraction of sp³-hybridized carbons (Fsp3) is 0.400. The van der Waals surface area contributed by atoms with Gasteiger partial charge in [0.05, 0.1) is 8.68 Å². The predicted octanol–water partition coefficient (Wildman–Crippen LogP) is 3.47. The van der Waals surface area contributed by atoms with E-state index in [0.29, 0.717) is 38.0 Å². The summed E-state index contributed by atoms with van der Waals surface area (Å²) in [7, 11) is -3.62. The van der Waals surface area contributed by atoms with Crippen LogP contribution in [0.15, 0.2) is 45.1 Å². The largest absolute Gasteiger partial charge is 0.355 e. The molecule has 1 fully saturated rings. The third-order valence-corrected chi connectivity index (χ3v) is 8.62. The maximum atomic E-state index is 12.8. The highest BCUT2D eigenvalue weighted by Crippen LogP contribution is 2.25. The summed E-state index contributed by atoms with van der Waals surface area (Å²) in [5, 5.41) is 2.96. The second-order valence-electron chi connectivity index (χ2n) is 7.01. The molecule has 0 atom stereocenters. The lowest BCUT2D eigenvalue weighted by atomic mass is 9.97. The molecular weight excluding hydrogens is 476 g/mol. The van der Waals surface area contributed by atoms with Gasteiger partial charge in [-0.3, -0.25) is 9.59 Å². The molecule has 3 rings (SSSR count). The van der Waals surface area contributed by atoms with E-state index in [0.717, 1.165) is 10.2 Å². The Morgan fingerprint density at radius 2 is 1.79 bits per heavy atom.